The molecule has 0 aliphatic rings. The average molecular weight is 441 g/mol. The Morgan fingerprint density at radius 3 is 2.47 bits per heavy atom. The molecule has 0 atom stereocenters. The van der Waals surface area contributed by atoms with Crippen LogP contribution in [0.2, 0.25) is 0 Å². The summed E-state index contributed by atoms with van der Waals surface area (Å²) in [6, 6.07) is 27.0. The van der Waals surface area contributed by atoms with Gasteiger partial charge in [-0.15, -0.1) is 10.2 Å². The number of nitrogens with one attached hydrogen (secondary N) is 1. The van der Waals surface area contributed by atoms with Crippen molar-refractivity contribution in [2.45, 2.75) is 12.1 Å². The Morgan fingerprint density at radius 1 is 0.938 bits per heavy atom. The first-order valence-corrected chi connectivity index (χ1v) is 11.1. The zero-order valence-electron chi connectivity index (χ0n) is 17.4. The van der Waals surface area contributed by atoms with E-state index in [9.17, 15) is 4.79 Å². The highest BCUT2D eigenvalue weighted by Crippen LogP contribution is 2.26. The van der Waals surface area contributed by atoms with E-state index in [4.69, 9.17) is 4.74 Å². The lowest BCUT2D eigenvalue weighted by atomic mass is 10.1. The number of thioether (sulfide) groups is 1. The molecule has 0 bridgehead atoms. The van der Waals surface area contributed by atoms with Crippen LogP contribution in [0.25, 0.3) is 16.6 Å². The average Bonchev–Trinajstić information content (AvgIpc) is 3.23. The van der Waals surface area contributed by atoms with Crippen LogP contribution in [-0.2, 0) is 4.79 Å². The van der Waals surface area contributed by atoms with Crippen molar-refractivity contribution in [3.63, 3.8) is 0 Å². The SMILES string of the molecule is Cc1cc2nnc(SCC(=O)Nc3ccc(Oc4ccccc4)cc3)n2c2ccccc12. The van der Waals surface area contributed by atoms with Crippen LogP contribution < -0.4 is 10.1 Å². The van der Waals surface area contributed by atoms with Crippen LogP contribution in [-0.4, -0.2) is 26.3 Å². The summed E-state index contributed by atoms with van der Waals surface area (Å²) >= 11 is 1.36. The number of aromatic nitrogens is 3. The summed E-state index contributed by atoms with van der Waals surface area (Å²) < 4.78 is 7.78. The molecule has 6 nitrogen and oxygen atoms in total. The van der Waals surface area contributed by atoms with Crippen molar-refractivity contribution in [2.24, 2.45) is 0 Å². The minimum Gasteiger partial charge on any atom is -0.457 e. The second kappa shape index (κ2) is 8.72. The summed E-state index contributed by atoms with van der Waals surface area (Å²) in [4.78, 5) is 12.5. The number of pyridine rings is 1. The van der Waals surface area contributed by atoms with Gasteiger partial charge in [-0.2, -0.15) is 0 Å². The first-order valence-electron chi connectivity index (χ1n) is 10.2. The fourth-order valence-electron chi connectivity index (χ4n) is 3.53. The van der Waals surface area contributed by atoms with Crippen LogP contribution in [0.15, 0.2) is 90.1 Å². The van der Waals surface area contributed by atoms with Gasteiger partial charge in [0, 0.05) is 11.1 Å². The Bertz CT molecular complexity index is 1400. The molecule has 0 radical (unpaired) electrons. The molecule has 2 heterocycles. The van der Waals surface area contributed by atoms with Crippen molar-refractivity contribution in [1.29, 1.82) is 0 Å². The molecule has 0 aliphatic heterocycles. The second-order valence-electron chi connectivity index (χ2n) is 7.30. The molecule has 32 heavy (non-hydrogen) atoms. The fourth-order valence-corrected chi connectivity index (χ4v) is 4.28. The predicted molar refractivity (Wildman–Crippen MR) is 128 cm³/mol. The third-order valence-corrected chi connectivity index (χ3v) is 5.95. The number of amides is 1. The van der Waals surface area contributed by atoms with Crippen LogP contribution >= 0.6 is 11.8 Å². The Morgan fingerprint density at radius 2 is 1.66 bits per heavy atom. The molecule has 2 aromatic heterocycles. The van der Waals surface area contributed by atoms with Gasteiger partial charge in [0.15, 0.2) is 10.8 Å². The van der Waals surface area contributed by atoms with Gasteiger partial charge in [0.2, 0.25) is 5.91 Å². The van der Waals surface area contributed by atoms with E-state index in [2.05, 4.69) is 28.5 Å². The second-order valence-corrected chi connectivity index (χ2v) is 8.24. The molecule has 0 saturated heterocycles. The van der Waals surface area contributed by atoms with E-state index >= 15 is 0 Å². The minimum atomic E-state index is -0.111. The van der Waals surface area contributed by atoms with Crippen LogP contribution in [0.3, 0.4) is 0 Å². The summed E-state index contributed by atoms with van der Waals surface area (Å²) in [6.07, 6.45) is 0. The molecule has 0 unspecified atom stereocenters. The third kappa shape index (κ3) is 4.15. The molecule has 7 heteroatoms. The molecule has 5 aromatic rings. The molecule has 0 saturated carbocycles. The van der Waals surface area contributed by atoms with E-state index in [0.29, 0.717) is 16.6 Å². The molecule has 158 valence electrons. The first-order chi connectivity index (χ1) is 15.7. The molecule has 1 N–H and O–H groups in total. The largest absolute Gasteiger partial charge is 0.457 e. The van der Waals surface area contributed by atoms with Crippen molar-refractivity contribution in [1.82, 2.24) is 14.6 Å². The number of hydrogen-bond acceptors (Lipinski definition) is 5. The molecule has 0 spiro atoms. The summed E-state index contributed by atoms with van der Waals surface area (Å²) in [5.74, 6) is 1.59. The summed E-state index contributed by atoms with van der Waals surface area (Å²) in [7, 11) is 0. The van der Waals surface area contributed by atoms with Gasteiger partial charge in [-0.05, 0) is 61.0 Å². The van der Waals surface area contributed by atoms with Gasteiger partial charge in [-0.1, -0.05) is 48.2 Å². The van der Waals surface area contributed by atoms with Crippen LogP contribution in [0.5, 0.6) is 11.5 Å². The number of nitrogens with zero attached hydrogens (tertiary/aromatic N) is 3. The summed E-state index contributed by atoms with van der Waals surface area (Å²) in [6.45, 7) is 2.06. The van der Waals surface area contributed by atoms with E-state index in [0.717, 1.165) is 27.9 Å². The number of ether oxygens (including phenoxy) is 1. The number of fused-ring (bicyclic) bond motifs is 3. The van der Waals surface area contributed by atoms with Crippen LogP contribution in [0.1, 0.15) is 5.56 Å². The number of benzene rings is 3. The van der Waals surface area contributed by atoms with E-state index in [1.807, 2.05) is 83.3 Å². The van der Waals surface area contributed by atoms with Crippen molar-refractivity contribution in [3.05, 3.63) is 90.5 Å². The highest BCUT2D eigenvalue weighted by atomic mass is 32.2. The predicted octanol–water partition coefficient (Wildman–Crippen LogP) is 5.71. The van der Waals surface area contributed by atoms with Gasteiger partial charge in [0.25, 0.3) is 0 Å². The molecule has 3 aromatic carbocycles. The lowest BCUT2D eigenvalue weighted by molar-refractivity contribution is -0.113. The highest BCUT2D eigenvalue weighted by Gasteiger charge is 2.13. The number of aryl methyl sites for hydroxylation is 1. The normalized spacial score (nSPS) is 11.0. The highest BCUT2D eigenvalue weighted by molar-refractivity contribution is 7.99. The zero-order valence-corrected chi connectivity index (χ0v) is 18.2. The number of anilines is 1. The van der Waals surface area contributed by atoms with Gasteiger partial charge in [-0.25, -0.2) is 0 Å². The maximum atomic E-state index is 12.5. The molecular weight excluding hydrogens is 420 g/mol. The number of rotatable bonds is 6. The standard InChI is InChI=1S/C25H20N4O2S/c1-17-15-23-27-28-25(29(23)22-10-6-5-9-21(17)22)32-16-24(30)26-18-11-13-20(14-12-18)31-19-7-3-2-4-8-19/h2-15H,16H2,1H3,(H,26,30). The summed E-state index contributed by atoms with van der Waals surface area (Å²) in [5.41, 5.74) is 3.67. The van der Waals surface area contributed by atoms with E-state index in [1.165, 1.54) is 11.8 Å². The molecule has 5 rings (SSSR count). The number of para-hydroxylation sites is 2. The monoisotopic (exact) mass is 440 g/mol. The van der Waals surface area contributed by atoms with Crippen LogP contribution in [0.4, 0.5) is 5.69 Å². The van der Waals surface area contributed by atoms with Crippen molar-refractivity contribution < 1.29 is 9.53 Å². The molecule has 0 fully saturated rings. The minimum absolute atomic E-state index is 0.111. The van der Waals surface area contributed by atoms with E-state index in [-0.39, 0.29) is 11.7 Å². The first kappa shape index (κ1) is 20.1. The Kier molecular flexibility index (Phi) is 5.47. The number of hydrogen-bond donors (Lipinski definition) is 1. The zero-order chi connectivity index (χ0) is 21.9. The Balaban J connectivity index is 1.25. The smallest absolute Gasteiger partial charge is 0.234 e. The fraction of sp³-hybridized carbons (Fsp3) is 0.0800. The summed E-state index contributed by atoms with van der Waals surface area (Å²) in [5, 5.41) is 13.3. The van der Waals surface area contributed by atoms with E-state index in [1.54, 1.807) is 0 Å². The quantitative estimate of drug-likeness (QED) is 0.342. The Hall–Kier alpha value is -3.84. The molecule has 1 amide bonds. The van der Waals surface area contributed by atoms with Gasteiger partial charge in [0.1, 0.15) is 11.5 Å². The van der Waals surface area contributed by atoms with E-state index < -0.39 is 0 Å². The van der Waals surface area contributed by atoms with Gasteiger partial charge < -0.3 is 10.1 Å². The Labute approximate surface area is 189 Å². The van der Waals surface area contributed by atoms with Gasteiger partial charge in [-0.3, -0.25) is 9.20 Å². The maximum Gasteiger partial charge on any atom is 0.234 e. The lowest BCUT2D eigenvalue weighted by Gasteiger charge is -2.09. The molecular formula is C25H20N4O2S. The van der Waals surface area contributed by atoms with Crippen molar-refractivity contribution >= 4 is 39.9 Å². The number of carbonyl (C=O) groups excluding carboxylic acids is 1. The molecule has 0 aliphatic carbocycles. The number of carbonyl (C=O) groups is 1. The maximum absolute atomic E-state index is 12.5. The van der Waals surface area contributed by atoms with Crippen molar-refractivity contribution in [2.75, 3.05) is 11.1 Å². The van der Waals surface area contributed by atoms with Crippen molar-refractivity contribution in [3.8, 4) is 11.5 Å². The topological polar surface area (TPSA) is 68.5 Å². The van der Waals surface area contributed by atoms with Gasteiger partial charge >= 0.3 is 0 Å². The van der Waals surface area contributed by atoms with Crippen LogP contribution in [0, 0.1) is 6.92 Å². The van der Waals surface area contributed by atoms with Gasteiger partial charge in [0.05, 0.1) is 11.3 Å². The lowest BCUT2D eigenvalue weighted by Crippen LogP contribution is -2.14. The third-order valence-electron chi connectivity index (χ3n) is 5.02.